The number of nitrogens with zero attached hydrogens (tertiary/aromatic N) is 1. The average molecular weight is 298 g/mol. The molecule has 0 spiro atoms. The first-order valence-corrected chi connectivity index (χ1v) is 8.06. The van der Waals surface area contributed by atoms with E-state index in [0.29, 0.717) is 0 Å². The number of amides is 1. The molecule has 3 rings (SSSR count). The summed E-state index contributed by atoms with van der Waals surface area (Å²) in [7, 11) is 1.83. The summed E-state index contributed by atoms with van der Waals surface area (Å²) in [6.07, 6.45) is 6.89. The third-order valence-electron chi connectivity index (χ3n) is 4.68. The van der Waals surface area contributed by atoms with Crippen molar-refractivity contribution in [1.82, 2.24) is 9.88 Å². The van der Waals surface area contributed by atoms with E-state index in [1.165, 1.54) is 12.8 Å². The summed E-state index contributed by atoms with van der Waals surface area (Å²) < 4.78 is 0. The molecule has 1 amide bonds. The lowest BCUT2D eigenvalue weighted by molar-refractivity contribution is 0.0716. The first-order chi connectivity index (χ1) is 10.7. The van der Waals surface area contributed by atoms with Crippen LogP contribution in [0.4, 0.5) is 0 Å². The van der Waals surface area contributed by atoms with E-state index in [9.17, 15) is 9.59 Å². The highest BCUT2D eigenvalue weighted by Crippen LogP contribution is 2.22. The molecule has 1 saturated carbocycles. The minimum Gasteiger partial charge on any atom is -0.339 e. The predicted octanol–water partition coefficient (Wildman–Crippen LogP) is 3.32. The molecule has 0 saturated heterocycles. The van der Waals surface area contributed by atoms with Crippen LogP contribution in [-0.2, 0) is 0 Å². The van der Waals surface area contributed by atoms with E-state index in [2.05, 4.69) is 4.98 Å². The quantitative estimate of drug-likeness (QED) is 0.865. The largest absolute Gasteiger partial charge is 0.339 e. The Morgan fingerprint density at radius 1 is 1.14 bits per heavy atom. The van der Waals surface area contributed by atoms with Crippen molar-refractivity contribution in [3.63, 3.8) is 0 Å². The molecule has 1 aromatic heterocycles. The van der Waals surface area contributed by atoms with Crippen LogP contribution < -0.4 is 5.56 Å². The van der Waals surface area contributed by atoms with Crippen LogP contribution in [0.5, 0.6) is 0 Å². The average Bonchev–Trinajstić information content (AvgIpc) is 2.82. The number of carbonyl (C=O) groups excluding carboxylic acids is 1. The van der Waals surface area contributed by atoms with Gasteiger partial charge in [0.2, 0.25) is 0 Å². The number of fused-ring (bicyclic) bond motifs is 1. The second-order valence-electron chi connectivity index (χ2n) is 6.16. The summed E-state index contributed by atoms with van der Waals surface area (Å²) in [5.41, 5.74) is 0.704. The summed E-state index contributed by atoms with van der Waals surface area (Å²) in [6, 6.07) is 9.50. The molecule has 4 heteroatoms. The van der Waals surface area contributed by atoms with Gasteiger partial charge in [0, 0.05) is 18.6 Å². The number of nitrogens with one attached hydrogen (secondary N) is 1. The van der Waals surface area contributed by atoms with Crippen LogP contribution in [0.2, 0.25) is 0 Å². The Kier molecular flexibility index (Phi) is 4.27. The number of rotatable bonds is 2. The molecule has 0 aliphatic heterocycles. The second kappa shape index (κ2) is 6.34. The zero-order valence-corrected chi connectivity index (χ0v) is 13.0. The van der Waals surface area contributed by atoms with Crippen molar-refractivity contribution in [3.8, 4) is 0 Å². The van der Waals surface area contributed by atoms with Crippen molar-refractivity contribution in [2.24, 2.45) is 0 Å². The van der Waals surface area contributed by atoms with Crippen molar-refractivity contribution < 1.29 is 4.79 Å². The van der Waals surface area contributed by atoms with Gasteiger partial charge in [-0.15, -0.1) is 0 Å². The third-order valence-corrected chi connectivity index (χ3v) is 4.68. The van der Waals surface area contributed by atoms with Gasteiger partial charge in [0.25, 0.3) is 11.5 Å². The van der Waals surface area contributed by atoms with Crippen LogP contribution in [0.25, 0.3) is 10.9 Å². The molecule has 1 aromatic carbocycles. The molecular weight excluding hydrogens is 276 g/mol. The highest BCUT2D eigenvalue weighted by molar-refractivity contribution is 5.97. The zero-order valence-electron chi connectivity index (χ0n) is 13.0. The number of carbonyl (C=O) groups is 1. The maximum atomic E-state index is 12.7. The van der Waals surface area contributed by atoms with Crippen LogP contribution in [0.15, 0.2) is 35.1 Å². The molecule has 116 valence electrons. The lowest BCUT2D eigenvalue weighted by Gasteiger charge is -2.27. The minimum atomic E-state index is -0.302. The summed E-state index contributed by atoms with van der Waals surface area (Å²) >= 11 is 0. The predicted molar refractivity (Wildman–Crippen MR) is 88.2 cm³/mol. The Bertz CT molecular complexity index is 727. The molecular formula is C18H22N2O2. The number of H-pyrrole nitrogens is 1. The van der Waals surface area contributed by atoms with E-state index >= 15 is 0 Å². The maximum absolute atomic E-state index is 12.7. The molecule has 22 heavy (non-hydrogen) atoms. The number of benzene rings is 1. The fourth-order valence-electron chi connectivity index (χ4n) is 3.31. The lowest BCUT2D eigenvalue weighted by Crippen LogP contribution is -2.39. The van der Waals surface area contributed by atoms with Gasteiger partial charge in [-0.25, -0.2) is 0 Å². The first kappa shape index (κ1) is 14.8. The van der Waals surface area contributed by atoms with Gasteiger partial charge < -0.3 is 9.88 Å². The van der Waals surface area contributed by atoms with Gasteiger partial charge >= 0.3 is 0 Å². The molecule has 0 unspecified atom stereocenters. The van der Waals surface area contributed by atoms with E-state index in [0.717, 1.165) is 36.6 Å². The molecule has 0 atom stereocenters. The summed E-state index contributed by atoms with van der Waals surface area (Å²) in [5, 5.41) is 0.889. The number of aromatic amines is 1. The van der Waals surface area contributed by atoms with Gasteiger partial charge in [-0.3, -0.25) is 9.59 Å². The van der Waals surface area contributed by atoms with E-state index in [4.69, 9.17) is 0 Å². The van der Waals surface area contributed by atoms with Crippen LogP contribution in [-0.4, -0.2) is 28.9 Å². The van der Waals surface area contributed by atoms with Gasteiger partial charge in [-0.2, -0.15) is 0 Å². The van der Waals surface area contributed by atoms with Crippen molar-refractivity contribution >= 4 is 16.8 Å². The smallest absolute Gasteiger partial charge is 0.261 e. The monoisotopic (exact) mass is 298 g/mol. The number of hydrogen-bond acceptors (Lipinski definition) is 2. The number of aromatic nitrogens is 1. The summed E-state index contributed by atoms with van der Waals surface area (Å²) in [5.74, 6) is -0.168. The number of pyridine rings is 1. The van der Waals surface area contributed by atoms with Crippen LogP contribution in [0.1, 0.15) is 48.9 Å². The van der Waals surface area contributed by atoms with Crippen molar-refractivity contribution in [2.45, 2.75) is 44.6 Å². The third kappa shape index (κ3) is 2.91. The van der Waals surface area contributed by atoms with Gasteiger partial charge in [-0.05, 0) is 30.4 Å². The molecule has 0 bridgehead atoms. The molecule has 1 aliphatic carbocycles. The Balaban J connectivity index is 1.90. The van der Waals surface area contributed by atoms with Crippen molar-refractivity contribution in [3.05, 3.63) is 46.2 Å². The fourth-order valence-corrected chi connectivity index (χ4v) is 3.31. The van der Waals surface area contributed by atoms with E-state index in [-0.39, 0.29) is 23.1 Å². The number of para-hydroxylation sites is 1. The first-order valence-electron chi connectivity index (χ1n) is 8.06. The SMILES string of the molecule is CN(C(=O)c1cc2ccccc2[nH]c1=O)C1CCCCCC1. The van der Waals surface area contributed by atoms with Crippen LogP contribution in [0.3, 0.4) is 0 Å². The van der Waals surface area contributed by atoms with Crippen LogP contribution in [0, 0.1) is 0 Å². The van der Waals surface area contributed by atoms with E-state index in [1.807, 2.05) is 31.3 Å². The highest BCUT2D eigenvalue weighted by atomic mass is 16.2. The van der Waals surface area contributed by atoms with Crippen molar-refractivity contribution in [2.75, 3.05) is 7.05 Å². The molecule has 0 radical (unpaired) electrons. The second-order valence-corrected chi connectivity index (χ2v) is 6.16. The minimum absolute atomic E-state index is 0.168. The van der Waals surface area contributed by atoms with Gasteiger partial charge in [-0.1, -0.05) is 43.9 Å². The normalized spacial score (nSPS) is 16.4. The fraction of sp³-hybridized carbons (Fsp3) is 0.444. The van der Waals surface area contributed by atoms with E-state index < -0.39 is 0 Å². The maximum Gasteiger partial charge on any atom is 0.261 e. The van der Waals surface area contributed by atoms with Crippen LogP contribution >= 0.6 is 0 Å². The summed E-state index contributed by atoms with van der Waals surface area (Å²) in [4.78, 5) is 29.5. The zero-order chi connectivity index (χ0) is 15.5. The Morgan fingerprint density at radius 3 is 2.55 bits per heavy atom. The summed E-state index contributed by atoms with van der Waals surface area (Å²) in [6.45, 7) is 0. The molecule has 1 fully saturated rings. The van der Waals surface area contributed by atoms with Crippen molar-refractivity contribution in [1.29, 1.82) is 0 Å². The molecule has 1 aliphatic rings. The standard InChI is InChI=1S/C18H22N2O2/c1-20(14-9-4-2-3-5-10-14)18(22)15-12-13-8-6-7-11-16(13)19-17(15)21/h6-8,11-12,14H,2-5,9-10H2,1H3,(H,19,21). The van der Waals surface area contributed by atoms with Gasteiger partial charge in [0.05, 0.1) is 0 Å². The Hall–Kier alpha value is -2.10. The lowest BCUT2D eigenvalue weighted by atomic mass is 10.1. The number of hydrogen-bond donors (Lipinski definition) is 1. The topological polar surface area (TPSA) is 53.2 Å². The molecule has 2 aromatic rings. The molecule has 1 heterocycles. The van der Waals surface area contributed by atoms with Gasteiger partial charge in [0.1, 0.15) is 5.56 Å². The van der Waals surface area contributed by atoms with Gasteiger partial charge in [0.15, 0.2) is 0 Å². The molecule has 4 nitrogen and oxygen atoms in total. The highest BCUT2D eigenvalue weighted by Gasteiger charge is 2.24. The molecule has 1 N–H and O–H groups in total. The van der Waals surface area contributed by atoms with E-state index in [1.54, 1.807) is 11.0 Å². The Morgan fingerprint density at radius 2 is 1.82 bits per heavy atom. The Labute approximate surface area is 130 Å².